The first-order valence-corrected chi connectivity index (χ1v) is 10.4. The van der Waals surface area contributed by atoms with Crippen LogP contribution in [-0.4, -0.2) is 30.1 Å². The molecule has 2 aromatic rings. The van der Waals surface area contributed by atoms with Crippen LogP contribution in [0.1, 0.15) is 48.0 Å². The summed E-state index contributed by atoms with van der Waals surface area (Å²) in [6.45, 7) is 1.58. The van der Waals surface area contributed by atoms with Crippen molar-refractivity contribution in [3.63, 3.8) is 0 Å². The Morgan fingerprint density at radius 2 is 1.86 bits per heavy atom. The molecular formula is C24H27FN2O2. The lowest BCUT2D eigenvalue weighted by atomic mass is 9.84. The highest BCUT2D eigenvalue weighted by molar-refractivity contribution is 5.95. The Kier molecular flexibility index (Phi) is 5.79. The van der Waals surface area contributed by atoms with Gasteiger partial charge in [0.25, 0.3) is 5.91 Å². The van der Waals surface area contributed by atoms with Gasteiger partial charge >= 0.3 is 0 Å². The number of benzene rings is 2. The van der Waals surface area contributed by atoms with Gasteiger partial charge in [0, 0.05) is 11.6 Å². The van der Waals surface area contributed by atoms with E-state index in [1.54, 1.807) is 6.07 Å². The number of amides is 1. The maximum Gasteiger partial charge on any atom is 0.251 e. The zero-order valence-corrected chi connectivity index (χ0v) is 16.5. The summed E-state index contributed by atoms with van der Waals surface area (Å²) in [5, 5.41) is 17.1. The van der Waals surface area contributed by atoms with Crippen LogP contribution < -0.4 is 10.6 Å². The summed E-state index contributed by atoms with van der Waals surface area (Å²) < 4.78 is 14.2. The van der Waals surface area contributed by atoms with Gasteiger partial charge in [-0.1, -0.05) is 36.4 Å². The molecular weight excluding hydrogens is 367 g/mol. The van der Waals surface area contributed by atoms with Gasteiger partial charge in [-0.15, -0.1) is 0 Å². The lowest BCUT2D eigenvalue weighted by molar-refractivity contribution is 0.00595. The molecule has 2 aromatic carbocycles. The van der Waals surface area contributed by atoms with E-state index in [-0.39, 0.29) is 11.9 Å². The minimum absolute atomic E-state index is 0.00739. The molecule has 0 radical (unpaired) electrons. The maximum absolute atomic E-state index is 14.2. The highest BCUT2D eigenvalue weighted by Gasteiger charge is 2.30. The smallest absolute Gasteiger partial charge is 0.251 e. The van der Waals surface area contributed by atoms with Crippen molar-refractivity contribution in [2.75, 3.05) is 13.1 Å². The maximum atomic E-state index is 14.2. The van der Waals surface area contributed by atoms with Crippen molar-refractivity contribution in [3.8, 4) is 11.1 Å². The van der Waals surface area contributed by atoms with Crippen LogP contribution in [0.5, 0.6) is 0 Å². The second kappa shape index (κ2) is 8.47. The number of nitrogens with one attached hydrogen (secondary N) is 2. The third kappa shape index (κ3) is 4.57. The second-order valence-corrected chi connectivity index (χ2v) is 8.03. The number of carbonyl (C=O) groups excluding carboxylic acids is 1. The minimum Gasteiger partial charge on any atom is -0.385 e. The zero-order valence-electron chi connectivity index (χ0n) is 16.5. The van der Waals surface area contributed by atoms with E-state index >= 15 is 0 Å². The number of halogens is 1. The SMILES string of the molecule is O=C(NC1C=CCCC1)c1cc(F)cc(-c2ccc(C3(O)CCNCC3)cc2)c1. The van der Waals surface area contributed by atoms with Gasteiger partial charge in [0.05, 0.1) is 5.60 Å². The molecule has 0 aromatic heterocycles. The van der Waals surface area contributed by atoms with E-state index in [0.29, 0.717) is 24.0 Å². The van der Waals surface area contributed by atoms with E-state index in [2.05, 4.69) is 16.7 Å². The standard InChI is InChI=1S/C24H27FN2O2/c25-21-15-18(14-19(16-21)23(28)27-22-4-2-1-3-5-22)17-6-8-20(9-7-17)24(29)10-12-26-13-11-24/h2,4,6-9,14-16,22,26,29H,1,3,5,10-13H2,(H,27,28). The van der Waals surface area contributed by atoms with Gasteiger partial charge in [-0.05, 0) is 80.1 Å². The van der Waals surface area contributed by atoms with Crippen LogP contribution in [0, 0.1) is 5.82 Å². The minimum atomic E-state index is -0.815. The van der Waals surface area contributed by atoms with Crippen LogP contribution in [0.4, 0.5) is 4.39 Å². The molecule has 0 bridgehead atoms. The topological polar surface area (TPSA) is 61.4 Å². The molecule has 3 N–H and O–H groups in total. The molecule has 29 heavy (non-hydrogen) atoms. The van der Waals surface area contributed by atoms with Gasteiger partial charge < -0.3 is 15.7 Å². The van der Waals surface area contributed by atoms with Crippen LogP contribution in [0.2, 0.25) is 0 Å². The monoisotopic (exact) mass is 394 g/mol. The van der Waals surface area contributed by atoms with E-state index in [0.717, 1.165) is 43.5 Å². The molecule has 1 heterocycles. The summed E-state index contributed by atoms with van der Waals surface area (Å²) in [4.78, 5) is 12.6. The molecule has 152 valence electrons. The van der Waals surface area contributed by atoms with Gasteiger partial charge in [0.1, 0.15) is 5.82 Å². The van der Waals surface area contributed by atoms with Crippen molar-refractivity contribution >= 4 is 5.91 Å². The second-order valence-electron chi connectivity index (χ2n) is 8.03. The van der Waals surface area contributed by atoms with E-state index in [1.807, 2.05) is 30.3 Å². The van der Waals surface area contributed by atoms with Crippen molar-refractivity contribution in [1.29, 1.82) is 0 Å². The van der Waals surface area contributed by atoms with Crippen LogP contribution in [0.3, 0.4) is 0 Å². The number of hydrogen-bond acceptors (Lipinski definition) is 3. The summed E-state index contributed by atoms with van der Waals surface area (Å²) in [5.41, 5.74) is 1.85. The Hall–Kier alpha value is -2.50. The molecule has 4 rings (SSSR count). The predicted octanol–water partition coefficient (Wildman–Crippen LogP) is 3.90. The Morgan fingerprint density at radius 1 is 1.10 bits per heavy atom. The molecule has 0 spiro atoms. The van der Waals surface area contributed by atoms with Crippen molar-refractivity contribution < 1.29 is 14.3 Å². The fourth-order valence-corrected chi connectivity index (χ4v) is 4.17. The molecule has 1 fully saturated rings. The number of hydrogen-bond donors (Lipinski definition) is 3. The van der Waals surface area contributed by atoms with Gasteiger partial charge in [-0.2, -0.15) is 0 Å². The lowest BCUT2D eigenvalue weighted by Gasteiger charge is -2.33. The van der Waals surface area contributed by atoms with E-state index in [1.165, 1.54) is 12.1 Å². The molecule has 1 atom stereocenters. The van der Waals surface area contributed by atoms with Gasteiger partial charge in [0.15, 0.2) is 0 Å². The molecule has 1 aliphatic carbocycles. The van der Waals surface area contributed by atoms with Crippen molar-refractivity contribution in [1.82, 2.24) is 10.6 Å². The van der Waals surface area contributed by atoms with Crippen LogP contribution >= 0.6 is 0 Å². The highest BCUT2D eigenvalue weighted by atomic mass is 19.1. The Bertz CT molecular complexity index is 902. The number of rotatable bonds is 4. The normalized spacial score (nSPS) is 21.0. The molecule has 1 unspecified atom stereocenters. The molecule has 5 heteroatoms. The summed E-state index contributed by atoms with van der Waals surface area (Å²) in [7, 11) is 0. The third-order valence-electron chi connectivity index (χ3n) is 5.92. The zero-order chi connectivity index (χ0) is 20.3. The number of piperidine rings is 1. The van der Waals surface area contributed by atoms with E-state index in [4.69, 9.17) is 0 Å². The molecule has 2 aliphatic rings. The quantitative estimate of drug-likeness (QED) is 0.689. The lowest BCUT2D eigenvalue weighted by Crippen LogP contribution is -2.39. The molecule has 0 saturated carbocycles. The first kappa shape index (κ1) is 19.8. The third-order valence-corrected chi connectivity index (χ3v) is 5.92. The Morgan fingerprint density at radius 3 is 2.55 bits per heavy atom. The predicted molar refractivity (Wildman–Crippen MR) is 112 cm³/mol. The fourth-order valence-electron chi connectivity index (χ4n) is 4.17. The summed E-state index contributed by atoms with van der Waals surface area (Å²) in [6, 6.07) is 12.0. The average molecular weight is 394 g/mol. The number of allylic oxidation sites excluding steroid dienone is 1. The van der Waals surface area contributed by atoms with Crippen LogP contribution in [0.15, 0.2) is 54.6 Å². The summed E-state index contributed by atoms with van der Waals surface area (Å²) in [5.74, 6) is -0.698. The highest BCUT2D eigenvalue weighted by Crippen LogP contribution is 2.32. The van der Waals surface area contributed by atoms with Crippen LogP contribution in [0.25, 0.3) is 11.1 Å². The summed E-state index contributed by atoms with van der Waals surface area (Å²) in [6.07, 6.45) is 8.42. The summed E-state index contributed by atoms with van der Waals surface area (Å²) >= 11 is 0. The molecule has 1 amide bonds. The first-order valence-electron chi connectivity index (χ1n) is 10.4. The van der Waals surface area contributed by atoms with Crippen molar-refractivity contribution in [2.45, 2.75) is 43.7 Å². The van der Waals surface area contributed by atoms with Gasteiger partial charge in [-0.25, -0.2) is 4.39 Å². The number of carbonyl (C=O) groups is 1. The molecule has 1 aliphatic heterocycles. The molecule has 1 saturated heterocycles. The van der Waals surface area contributed by atoms with Crippen molar-refractivity contribution in [2.24, 2.45) is 0 Å². The van der Waals surface area contributed by atoms with E-state index < -0.39 is 11.4 Å². The van der Waals surface area contributed by atoms with Crippen molar-refractivity contribution in [3.05, 3.63) is 71.6 Å². The molecule has 4 nitrogen and oxygen atoms in total. The van der Waals surface area contributed by atoms with Crippen LogP contribution in [-0.2, 0) is 5.60 Å². The van der Waals surface area contributed by atoms with E-state index in [9.17, 15) is 14.3 Å². The Balaban J connectivity index is 1.54. The largest absolute Gasteiger partial charge is 0.385 e. The fraction of sp³-hybridized carbons (Fsp3) is 0.375. The van der Waals surface area contributed by atoms with Gasteiger partial charge in [0.2, 0.25) is 0 Å². The number of aliphatic hydroxyl groups is 1. The Labute approximate surface area is 170 Å². The first-order chi connectivity index (χ1) is 14.0. The van der Waals surface area contributed by atoms with Gasteiger partial charge in [-0.3, -0.25) is 4.79 Å². The average Bonchev–Trinajstić information content (AvgIpc) is 2.75.